The minimum Gasteiger partial charge on any atom is -0.462 e. The normalized spacial score (nSPS) is 29.3. The average Bonchev–Trinajstić information content (AvgIpc) is 2.98. The van der Waals surface area contributed by atoms with E-state index in [9.17, 15) is 14.2 Å². The number of esters is 2. The molecule has 0 saturated carbocycles. The first-order valence-electron chi connectivity index (χ1n) is 18.1. The Morgan fingerprint density at radius 3 is 2.43 bits per heavy atom. The van der Waals surface area contributed by atoms with Crippen LogP contribution < -0.4 is 9.61 Å². The minimum atomic E-state index is -3.72. The second-order valence-electron chi connectivity index (χ2n) is 16.2. The number of allylic oxidation sites excluding steroid dienone is 3. The van der Waals surface area contributed by atoms with Crippen LogP contribution in [0, 0.1) is 23.7 Å². The van der Waals surface area contributed by atoms with E-state index >= 15 is 0 Å². The van der Waals surface area contributed by atoms with Gasteiger partial charge in [0.1, 0.15) is 24.2 Å². The van der Waals surface area contributed by atoms with Crippen LogP contribution in [-0.2, 0) is 32.8 Å². The van der Waals surface area contributed by atoms with Gasteiger partial charge in [0.25, 0.3) is 0 Å². The number of ether oxygens (including phenoxy) is 3. The van der Waals surface area contributed by atoms with E-state index in [1.165, 1.54) is 5.57 Å². The molecule has 0 spiro atoms. The first-order valence-corrected chi connectivity index (χ1v) is 22.8. The molecule has 1 unspecified atom stereocenters. The number of hydrogen-bond acceptors (Lipinski definition) is 8. The lowest BCUT2D eigenvalue weighted by Gasteiger charge is -2.44. The Bertz CT molecular complexity index is 1390. The number of cyclic esters (lactones) is 1. The highest BCUT2D eigenvalue weighted by Gasteiger charge is 2.44. The summed E-state index contributed by atoms with van der Waals surface area (Å²) in [6, 6.07) is 8.08. The molecule has 49 heavy (non-hydrogen) atoms. The first-order chi connectivity index (χ1) is 22.9. The van der Waals surface area contributed by atoms with E-state index in [0.29, 0.717) is 18.6 Å². The Labute approximate surface area is 295 Å². The summed E-state index contributed by atoms with van der Waals surface area (Å²) >= 11 is 0. The zero-order chi connectivity index (χ0) is 36.1. The molecule has 274 valence electrons. The predicted octanol–water partition coefficient (Wildman–Crippen LogP) is 8.81. The van der Waals surface area contributed by atoms with Crippen LogP contribution in [0.3, 0.4) is 0 Å². The fourth-order valence-corrected chi connectivity index (χ4v) is 10.1. The Morgan fingerprint density at radius 2 is 1.78 bits per heavy atom. The zero-order valence-corrected chi connectivity index (χ0v) is 33.2. The molecule has 1 aromatic rings. The summed E-state index contributed by atoms with van der Waals surface area (Å²) < 4.78 is 45.0. The molecule has 9 atom stereocenters. The Morgan fingerprint density at radius 1 is 1.08 bits per heavy atom. The molecule has 4 rings (SSSR count). The van der Waals surface area contributed by atoms with Crippen LogP contribution in [0.4, 0.5) is 0 Å². The van der Waals surface area contributed by atoms with Gasteiger partial charge in [-0.05, 0) is 93.6 Å². The summed E-state index contributed by atoms with van der Waals surface area (Å²) in [5.74, 6) is 0.586. The van der Waals surface area contributed by atoms with Crippen molar-refractivity contribution in [2.24, 2.45) is 23.7 Å². The van der Waals surface area contributed by atoms with Gasteiger partial charge in [0.2, 0.25) is 0 Å². The quantitative estimate of drug-likeness (QED) is 0.115. The third kappa shape index (κ3) is 10.9. The van der Waals surface area contributed by atoms with Crippen LogP contribution in [0.5, 0.6) is 5.75 Å². The molecule has 1 aliphatic heterocycles. The second-order valence-corrected chi connectivity index (χ2v) is 23.0. The number of carbonyl (C=O) groups excluding carboxylic acids is 2. The molecule has 0 bridgehead atoms. The summed E-state index contributed by atoms with van der Waals surface area (Å²) in [5.41, 5.74) is 1.23. The van der Waals surface area contributed by atoms with Crippen LogP contribution in [0.15, 0.2) is 54.1 Å². The van der Waals surface area contributed by atoms with Crippen molar-refractivity contribution in [1.82, 2.24) is 5.09 Å². The Kier molecular flexibility index (Phi) is 13.2. The summed E-state index contributed by atoms with van der Waals surface area (Å²) in [6.07, 6.45) is 9.13. The fourth-order valence-electron chi connectivity index (χ4n) is 6.97. The molecule has 11 heteroatoms. The molecular weight excluding hydrogens is 657 g/mol. The number of para-hydroxylation sites is 1. The van der Waals surface area contributed by atoms with Gasteiger partial charge in [-0.2, -0.15) is 0 Å². The highest BCUT2D eigenvalue weighted by atomic mass is 31.2. The van der Waals surface area contributed by atoms with Crippen LogP contribution in [-0.4, -0.2) is 57.1 Å². The molecule has 3 aliphatic rings. The van der Waals surface area contributed by atoms with Gasteiger partial charge in [0, 0.05) is 12.3 Å². The van der Waals surface area contributed by atoms with Crippen LogP contribution in [0.1, 0.15) is 87.5 Å². The van der Waals surface area contributed by atoms with Crippen molar-refractivity contribution >= 4 is 27.8 Å². The largest absolute Gasteiger partial charge is 0.462 e. The van der Waals surface area contributed by atoms with Gasteiger partial charge in [-0.3, -0.25) is 14.2 Å². The predicted molar refractivity (Wildman–Crippen MR) is 196 cm³/mol. The molecule has 1 saturated heterocycles. The Hall–Kier alpha value is -2.23. The van der Waals surface area contributed by atoms with E-state index in [4.69, 9.17) is 23.2 Å². The third-order valence-electron chi connectivity index (χ3n) is 10.5. The molecule has 0 radical (unpaired) electrons. The van der Waals surface area contributed by atoms with Crippen LogP contribution in [0.25, 0.3) is 0 Å². The summed E-state index contributed by atoms with van der Waals surface area (Å²) in [4.78, 5) is 25.4. The summed E-state index contributed by atoms with van der Waals surface area (Å²) in [5, 5.41) is 3.00. The zero-order valence-electron chi connectivity index (χ0n) is 31.3. The number of carbonyl (C=O) groups is 2. The van der Waals surface area contributed by atoms with Gasteiger partial charge < -0.3 is 23.2 Å². The van der Waals surface area contributed by atoms with E-state index in [-0.39, 0.29) is 65.4 Å². The maximum absolute atomic E-state index is 14.4. The van der Waals surface area contributed by atoms with E-state index < -0.39 is 27.8 Å². The second kappa shape index (κ2) is 16.4. The highest BCUT2D eigenvalue weighted by molar-refractivity contribution is 7.57. The minimum absolute atomic E-state index is 0.0601. The molecule has 2 aliphatic carbocycles. The molecule has 1 heterocycles. The molecule has 1 fully saturated rings. The van der Waals surface area contributed by atoms with Crippen molar-refractivity contribution in [3.63, 3.8) is 0 Å². The van der Waals surface area contributed by atoms with E-state index in [0.717, 1.165) is 19.3 Å². The fraction of sp³-hybridized carbons (Fsp3) is 0.684. The number of rotatable bonds is 14. The van der Waals surface area contributed by atoms with Gasteiger partial charge in [-0.1, -0.05) is 71.0 Å². The molecule has 1 N–H and O–H groups in total. The van der Waals surface area contributed by atoms with Gasteiger partial charge in [0.15, 0.2) is 8.32 Å². The topological polar surface area (TPSA) is 109 Å². The number of fused-ring (bicyclic) bond motifs is 1. The van der Waals surface area contributed by atoms with Crippen molar-refractivity contribution in [2.75, 3.05) is 6.35 Å². The number of hydrogen-bond donors (Lipinski definition) is 1. The van der Waals surface area contributed by atoms with E-state index in [2.05, 4.69) is 71.0 Å². The monoisotopic (exact) mass is 717 g/mol. The number of benzene rings is 1. The molecule has 0 aromatic heterocycles. The van der Waals surface area contributed by atoms with Crippen molar-refractivity contribution in [3.05, 3.63) is 54.1 Å². The number of nitrogens with one attached hydrogen (secondary N) is 1. The Balaban J connectivity index is 1.49. The van der Waals surface area contributed by atoms with Gasteiger partial charge in [-0.25, -0.2) is 5.09 Å². The molecule has 1 aromatic carbocycles. The van der Waals surface area contributed by atoms with E-state index in [1.807, 2.05) is 18.2 Å². The lowest BCUT2D eigenvalue weighted by atomic mass is 9.65. The van der Waals surface area contributed by atoms with Crippen LogP contribution in [0.2, 0.25) is 18.1 Å². The lowest BCUT2D eigenvalue weighted by molar-refractivity contribution is -0.160. The summed E-state index contributed by atoms with van der Waals surface area (Å²) in [6.45, 7) is 20.7. The van der Waals surface area contributed by atoms with Crippen molar-refractivity contribution < 1.29 is 37.3 Å². The van der Waals surface area contributed by atoms with Gasteiger partial charge in [-0.15, -0.1) is 0 Å². The maximum Gasteiger partial charge on any atom is 0.342 e. The van der Waals surface area contributed by atoms with Crippen LogP contribution >= 0.6 is 7.52 Å². The lowest BCUT2D eigenvalue weighted by Crippen LogP contribution is -2.47. The van der Waals surface area contributed by atoms with Gasteiger partial charge in [0.05, 0.1) is 24.7 Å². The van der Waals surface area contributed by atoms with Gasteiger partial charge >= 0.3 is 19.5 Å². The smallest absolute Gasteiger partial charge is 0.342 e. The van der Waals surface area contributed by atoms with Crippen molar-refractivity contribution in [1.29, 1.82) is 0 Å². The van der Waals surface area contributed by atoms with Crippen molar-refractivity contribution in [2.45, 2.75) is 136 Å². The first kappa shape index (κ1) is 39.6. The highest BCUT2D eigenvalue weighted by Crippen LogP contribution is 2.49. The SMILES string of the molecule is CC(C)OC(=O)[C@H](C)NP(=O)(CO[C@H]1C[C@@H](C)C=C2C=C[C@H](C)[C@H](CC[C@@H]3C[C@@H](O[Si](C)(C)C(C)(C)C)CC(=O)O3)[C@H]21)Oc1ccccc1. The average molecular weight is 718 g/mol. The molecular formula is C38H60NO8PSi. The molecule has 0 amide bonds. The standard InChI is InChI=1S/C38H60NO8PSi/c1-25(2)44-37(41)28(5)39-48(42,46-30-14-12-11-13-15-30)24-43-34-21-26(3)20-29-17-16-27(4)33(36(29)34)19-18-31-22-32(23-35(40)45-31)47-49(9,10)38(6,7)8/h11-17,20,25-28,31-34,36H,18-19,21-24H2,1-10H3,(H,39,42)/t26-,27-,28-,31+,32+,33-,34-,36-,48?/m0/s1. The van der Waals surface area contributed by atoms with Crippen molar-refractivity contribution in [3.8, 4) is 5.75 Å². The maximum atomic E-state index is 14.4. The third-order valence-corrected chi connectivity index (χ3v) is 16.8. The van der Waals surface area contributed by atoms with E-state index in [1.54, 1.807) is 32.9 Å². The molecule has 9 nitrogen and oxygen atoms in total. The summed E-state index contributed by atoms with van der Waals surface area (Å²) in [7, 11) is -5.76.